The van der Waals surface area contributed by atoms with Crippen LogP contribution < -0.4 is 5.32 Å². The average molecular weight is 261 g/mol. The van der Waals surface area contributed by atoms with Crippen LogP contribution in [0.3, 0.4) is 0 Å². The van der Waals surface area contributed by atoms with Crippen molar-refractivity contribution in [3.63, 3.8) is 0 Å². The first-order valence-corrected chi connectivity index (χ1v) is 6.71. The number of pyridine rings is 1. The van der Waals surface area contributed by atoms with E-state index in [1.54, 1.807) is 6.20 Å². The highest BCUT2D eigenvalue weighted by Crippen LogP contribution is 2.25. The summed E-state index contributed by atoms with van der Waals surface area (Å²) in [6.07, 6.45) is 2.64. The van der Waals surface area contributed by atoms with Gasteiger partial charge in [0.1, 0.15) is 10.7 Å². The first kappa shape index (κ1) is 12.7. The van der Waals surface area contributed by atoms with Gasteiger partial charge in [0.05, 0.1) is 5.69 Å². The molecular weight excluding hydrogens is 246 g/mol. The van der Waals surface area contributed by atoms with Crippen molar-refractivity contribution in [2.45, 2.75) is 20.3 Å². The second-order valence-electron chi connectivity index (χ2n) is 3.89. The minimum atomic E-state index is -0.104. The van der Waals surface area contributed by atoms with Crippen molar-refractivity contribution < 1.29 is 4.79 Å². The Kier molecular flexibility index (Phi) is 4.04. The highest BCUT2D eigenvalue weighted by molar-refractivity contribution is 7.15. The second kappa shape index (κ2) is 5.73. The van der Waals surface area contributed by atoms with E-state index >= 15 is 0 Å². The Balaban J connectivity index is 2.25. The molecule has 0 fully saturated rings. The Morgan fingerprint density at radius 3 is 2.94 bits per heavy atom. The molecule has 0 unspecified atom stereocenters. The van der Waals surface area contributed by atoms with Gasteiger partial charge in [-0.05, 0) is 25.5 Å². The third-order valence-electron chi connectivity index (χ3n) is 2.43. The molecule has 2 aromatic rings. The lowest BCUT2D eigenvalue weighted by Crippen LogP contribution is -2.24. The Bertz CT molecular complexity index is 536. The van der Waals surface area contributed by atoms with E-state index in [1.807, 2.05) is 32.0 Å². The molecule has 0 atom stereocenters. The van der Waals surface area contributed by atoms with Crippen molar-refractivity contribution in [2.24, 2.45) is 0 Å². The maximum absolute atomic E-state index is 11.9. The van der Waals surface area contributed by atoms with Gasteiger partial charge in [-0.2, -0.15) is 0 Å². The monoisotopic (exact) mass is 261 g/mol. The second-order valence-corrected chi connectivity index (χ2v) is 5.10. The number of hydrogen-bond acceptors (Lipinski definition) is 4. The summed E-state index contributed by atoms with van der Waals surface area (Å²) in [6, 6.07) is 5.67. The van der Waals surface area contributed by atoms with E-state index < -0.39 is 0 Å². The molecule has 1 N–H and O–H groups in total. The average Bonchev–Trinajstić information content (AvgIpc) is 2.79. The Labute approximate surface area is 110 Å². The zero-order valence-electron chi connectivity index (χ0n) is 10.4. The molecule has 0 aliphatic rings. The number of rotatable bonds is 4. The summed E-state index contributed by atoms with van der Waals surface area (Å²) in [7, 11) is 0. The number of aryl methyl sites for hydroxylation is 1. The number of amides is 1. The summed E-state index contributed by atoms with van der Waals surface area (Å²) in [5.74, 6) is -0.104. The molecule has 2 heterocycles. The molecule has 94 valence electrons. The fourth-order valence-electron chi connectivity index (χ4n) is 1.53. The van der Waals surface area contributed by atoms with Gasteiger partial charge in [-0.15, -0.1) is 11.3 Å². The molecule has 2 aromatic heterocycles. The highest BCUT2D eigenvalue weighted by atomic mass is 32.1. The van der Waals surface area contributed by atoms with E-state index in [1.165, 1.54) is 11.3 Å². The van der Waals surface area contributed by atoms with E-state index in [2.05, 4.69) is 15.3 Å². The van der Waals surface area contributed by atoms with E-state index in [0.29, 0.717) is 12.2 Å². The largest absolute Gasteiger partial charge is 0.351 e. The highest BCUT2D eigenvalue weighted by Gasteiger charge is 2.15. The maximum atomic E-state index is 11.9. The minimum Gasteiger partial charge on any atom is -0.351 e. The fourth-order valence-corrected chi connectivity index (χ4v) is 2.42. The van der Waals surface area contributed by atoms with Crippen LogP contribution >= 0.6 is 11.3 Å². The maximum Gasteiger partial charge on any atom is 0.271 e. The minimum absolute atomic E-state index is 0.104. The molecule has 0 radical (unpaired) electrons. The predicted octanol–water partition coefficient (Wildman–Crippen LogP) is 2.65. The molecule has 5 heteroatoms. The Morgan fingerprint density at radius 1 is 1.44 bits per heavy atom. The topological polar surface area (TPSA) is 54.9 Å². The summed E-state index contributed by atoms with van der Waals surface area (Å²) in [6.45, 7) is 4.60. The molecular formula is C13H15N3OS. The van der Waals surface area contributed by atoms with E-state index in [9.17, 15) is 4.79 Å². The number of nitrogens with zero attached hydrogens (tertiary/aromatic N) is 2. The lowest BCUT2D eigenvalue weighted by molar-refractivity contribution is 0.0949. The molecule has 2 rings (SSSR count). The molecule has 1 amide bonds. The van der Waals surface area contributed by atoms with Crippen molar-refractivity contribution in [3.8, 4) is 10.7 Å². The lowest BCUT2D eigenvalue weighted by atomic mass is 10.3. The molecule has 0 spiro atoms. The van der Waals surface area contributed by atoms with Gasteiger partial charge in [0.15, 0.2) is 0 Å². The third-order valence-corrected chi connectivity index (χ3v) is 3.42. The number of carbonyl (C=O) groups is 1. The molecule has 4 nitrogen and oxygen atoms in total. The first-order chi connectivity index (χ1) is 8.72. The summed E-state index contributed by atoms with van der Waals surface area (Å²) in [4.78, 5) is 21.4. The summed E-state index contributed by atoms with van der Waals surface area (Å²) in [5.41, 5.74) is 1.31. The number of aromatic nitrogens is 2. The molecule has 0 saturated heterocycles. The predicted molar refractivity (Wildman–Crippen MR) is 72.7 cm³/mol. The normalized spacial score (nSPS) is 10.3. The van der Waals surface area contributed by atoms with Crippen LogP contribution in [0.4, 0.5) is 0 Å². The third kappa shape index (κ3) is 2.73. The molecule has 0 bridgehead atoms. The van der Waals surface area contributed by atoms with Crippen LogP contribution in [-0.4, -0.2) is 22.4 Å². The smallest absolute Gasteiger partial charge is 0.271 e. The van der Waals surface area contributed by atoms with Crippen LogP contribution in [0.5, 0.6) is 0 Å². The quantitative estimate of drug-likeness (QED) is 0.920. The standard InChI is InChI=1S/C13H15N3OS/c1-3-7-15-12(17)11-9(2)18-13(16-11)10-6-4-5-8-14-10/h4-6,8H,3,7H2,1-2H3,(H,15,17). The van der Waals surface area contributed by atoms with Gasteiger partial charge in [0.2, 0.25) is 0 Å². The number of hydrogen-bond donors (Lipinski definition) is 1. The van der Waals surface area contributed by atoms with Gasteiger partial charge in [0.25, 0.3) is 5.91 Å². The van der Waals surface area contributed by atoms with Crippen LogP contribution in [0, 0.1) is 6.92 Å². The van der Waals surface area contributed by atoms with E-state index in [-0.39, 0.29) is 5.91 Å². The van der Waals surface area contributed by atoms with Gasteiger partial charge in [0, 0.05) is 17.6 Å². The molecule has 0 aromatic carbocycles. The number of carbonyl (C=O) groups excluding carboxylic acids is 1. The first-order valence-electron chi connectivity index (χ1n) is 5.89. The van der Waals surface area contributed by atoms with Crippen LogP contribution in [0.15, 0.2) is 24.4 Å². The van der Waals surface area contributed by atoms with Crippen molar-refractivity contribution in [2.75, 3.05) is 6.54 Å². The van der Waals surface area contributed by atoms with Crippen molar-refractivity contribution in [1.29, 1.82) is 0 Å². The van der Waals surface area contributed by atoms with Crippen LogP contribution in [0.25, 0.3) is 10.7 Å². The van der Waals surface area contributed by atoms with Gasteiger partial charge >= 0.3 is 0 Å². The SMILES string of the molecule is CCCNC(=O)c1nc(-c2ccccn2)sc1C. The van der Waals surface area contributed by atoms with Crippen LogP contribution in [0.2, 0.25) is 0 Å². The van der Waals surface area contributed by atoms with Crippen molar-refractivity contribution in [1.82, 2.24) is 15.3 Å². The van der Waals surface area contributed by atoms with Crippen molar-refractivity contribution in [3.05, 3.63) is 35.0 Å². The van der Waals surface area contributed by atoms with Crippen molar-refractivity contribution >= 4 is 17.2 Å². The van der Waals surface area contributed by atoms with Gasteiger partial charge in [-0.3, -0.25) is 9.78 Å². The summed E-state index contributed by atoms with van der Waals surface area (Å²) < 4.78 is 0. The van der Waals surface area contributed by atoms with Crippen LogP contribution in [0.1, 0.15) is 28.7 Å². The molecule has 18 heavy (non-hydrogen) atoms. The zero-order valence-corrected chi connectivity index (χ0v) is 11.3. The Morgan fingerprint density at radius 2 is 2.28 bits per heavy atom. The lowest BCUT2D eigenvalue weighted by Gasteiger charge is -2.00. The Hall–Kier alpha value is -1.75. The zero-order chi connectivity index (χ0) is 13.0. The fraction of sp³-hybridized carbons (Fsp3) is 0.308. The van der Waals surface area contributed by atoms with Gasteiger partial charge in [-0.25, -0.2) is 4.98 Å². The van der Waals surface area contributed by atoms with Gasteiger partial charge < -0.3 is 5.32 Å². The van der Waals surface area contributed by atoms with E-state index in [4.69, 9.17) is 0 Å². The molecule has 0 aliphatic heterocycles. The summed E-state index contributed by atoms with van der Waals surface area (Å²) >= 11 is 1.49. The molecule has 0 aliphatic carbocycles. The van der Waals surface area contributed by atoms with Crippen LogP contribution in [-0.2, 0) is 0 Å². The molecule has 0 saturated carbocycles. The number of thiazole rings is 1. The number of nitrogens with one attached hydrogen (secondary N) is 1. The summed E-state index contributed by atoms with van der Waals surface area (Å²) in [5, 5.41) is 3.63. The van der Waals surface area contributed by atoms with E-state index in [0.717, 1.165) is 22.0 Å². The van der Waals surface area contributed by atoms with Gasteiger partial charge in [-0.1, -0.05) is 13.0 Å².